The van der Waals surface area contributed by atoms with Crippen LogP contribution in [0.4, 0.5) is 5.69 Å². The number of amides is 1. The van der Waals surface area contributed by atoms with E-state index in [0.717, 1.165) is 11.1 Å². The highest BCUT2D eigenvalue weighted by atomic mass is 35.5. The average Bonchev–Trinajstić information content (AvgIpc) is 2.28. The van der Waals surface area contributed by atoms with Crippen molar-refractivity contribution in [1.82, 2.24) is 4.98 Å². The van der Waals surface area contributed by atoms with Crippen molar-refractivity contribution in [2.75, 3.05) is 5.32 Å². The topological polar surface area (TPSA) is 42.0 Å². The molecular formula is C14H13ClN2O. The van der Waals surface area contributed by atoms with E-state index in [0.29, 0.717) is 17.1 Å². The third-order valence-electron chi connectivity index (χ3n) is 2.41. The summed E-state index contributed by atoms with van der Waals surface area (Å²) in [7, 11) is 0. The SMILES string of the molecule is Cc1cncc(NC(=O)Cc2cccc(Cl)c2)c1. The lowest BCUT2D eigenvalue weighted by molar-refractivity contribution is -0.115. The summed E-state index contributed by atoms with van der Waals surface area (Å²) in [6.07, 6.45) is 3.67. The summed E-state index contributed by atoms with van der Waals surface area (Å²) in [4.78, 5) is 15.8. The molecule has 1 aromatic carbocycles. The van der Waals surface area contributed by atoms with Crippen LogP contribution in [-0.4, -0.2) is 10.9 Å². The number of hydrogen-bond acceptors (Lipinski definition) is 2. The molecule has 18 heavy (non-hydrogen) atoms. The molecule has 0 bridgehead atoms. The van der Waals surface area contributed by atoms with Crippen molar-refractivity contribution < 1.29 is 4.79 Å². The molecule has 0 aliphatic heterocycles. The summed E-state index contributed by atoms with van der Waals surface area (Å²) in [5.41, 5.74) is 2.61. The predicted octanol–water partition coefficient (Wildman–Crippen LogP) is 3.22. The van der Waals surface area contributed by atoms with E-state index in [9.17, 15) is 4.79 Å². The fourth-order valence-electron chi connectivity index (χ4n) is 1.66. The number of nitrogens with one attached hydrogen (secondary N) is 1. The molecule has 0 unspecified atom stereocenters. The van der Waals surface area contributed by atoms with E-state index >= 15 is 0 Å². The molecule has 92 valence electrons. The number of aromatic nitrogens is 1. The van der Waals surface area contributed by atoms with Gasteiger partial charge in [-0.15, -0.1) is 0 Å². The Labute approximate surface area is 111 Å². The van der Waals surface area contributed by atoms with Gasteiger partial charge in [0.2, 0.25) is 5.91 Å². The van der Waals surface area contributed by atoms with Crippen LogP contribution >= 0.6 is 11.6 Å². The highest BCUT2D eigenvalue weighted by Crippen LogP contribution is 2.12. The number of carbonyl (C=O) groups is 1. The molecule has 0 aliphatic rings. The maximum atomic E-state index is 11.8. The number of aryl methyl sites for hydroxylation is 1. The van der Waals surface area contributed by atoms with Crippen LogP contribution in [0.1, 0.15) is 11.1 Å². The molecule has 0 fully saturated rings. The Morgan fingerprint density at radius 2 is 2.17 bits per heavy atom. The maximum absolute atomic E-state index is 11.8. The first kappa shape index (κ1) is 12.6. The van der Waals surface area contributed by atoms with Gasteiger partial charge in [0.1, 0.15) is 0 Å². The first-order valence-corrected chi connectivity index (χ1v) is 5.97. The number of anilines is 1. The summed E-state index contributed by atoms with van der Waals surface area (Å²) in [5.74, 6) is -0.0790. The van der Waals surface area contributed by atoms with Gasteiger partial charge in [0.25, 0.3) is 0 Å². The van der Waals surface area contributed by atoms with E-state index in [1.165, 1.54) is 0 Å². The molecule has 1 heterocycles. The zero-order valence-corrected chi connectivity index (χ0v) is 10.7. The summed E-state index contributed by atoms with van der Waals surface area (Å²) in [5, 5.41) is 3.44. The van der Waals surface area contributed by atoms with Crippen LogP contribution in [0, 0.1) is 6.92 Å². The second-order valence-corrected chi connectivity index (χ2v) is 4.54. The van der Waals surface area contributed by atoms with Crippen molar-refractivity contribution in [2.24, 2.45) is 0 Å². The van der Waals surface area contributed by atoms with Gasteiger partial charge in [-0.25, -0.2) is 0 Å². The zero-order chi connectivity index (χ0) is 13.0. The molecule has 4 heteroatoms. The number of pyridine rings is 1. The van der Waals surface area contributed by atoms with E-state index in [2.05, 4.69) is 10.3 Å². The number of halogens is 1. The van der Waals surface area contributed by atoms with E-state index in [4.69, 9.17) is 11.6 Å². The molecule has 1 N–H and O–H groups in total. The first-order chi connectivity index (χ1) is 8.63. The highest BCUT2D eigenvalue weighted by molar-refractivity contribution is 6.30. The fourth-order valence-corrected chi connectivity index (χ4v) is 1.87. The van der Waals surface area contributed by atoms with Crippen LogP contribution in [0.5, 0.6) is 0 Å². The van der Waals surface area contributed by atoms with Crippen molar-refractivity contribution in [3.05, 3.63) is 58.9 Å². The maximum Gasteiger partial charge on any atom is 0.228 e. The van der Waals surface area contributed by atoms with Gasteiger partial charge < -0.3 is 5.32 Å². The fraction of sp³-hybridized carbons (Fsp3) is 0.143. The molecule has 2 aromatic rings. The Bertz CT molecular complexity index is 520. The minimum absolute atomic E-state index is 0.0790. The van der Waals surface area contributed by atoms with Gasteiger partial charge in [0, 0.05) is 11.2 Å². The third kappa shape index (κ3) is 3.57. The van der Waals surface area contributed by atoms with Gasteiger partial charge in [0.05, 0.1) is 18.3 Å². The quantitative estimate of drug-likeness (QED) is 0.921. The standard InChI is InChI=1S/C14H13ClN2O/c1-10-5-13(9-16-8-10)17-14(18)7-11-3-2-4-12(15)6-11/h2-6,8-9H,7H2,1H3,(H,17,18). The minimum Gasteiger partial charge on any atom is -0.324 e. The first-order valence-electron chi connectivity index (χ1n) is 5.59. The molecule has 0 aliphatic carbocycles. The van der Waals surface area contributed by atoms with Crippen LogP contribution in [0.2, 0.25) is 5.02 Å². The van der Waals surface area contributed by atoms with E-state index in [1.807, 2.05) is 25.1 Å². The Morgan fingerprint density at radius 1 is 1.33 bits per heavy atom. The van der Waals surface area contributed by atoms with Gasteiger partial charge in [-0.3, -0.25) is 9.78 Å². The number of rotatable bonds is 3. The van der Waals surface area contributed by atoms with Gasteiger partial charge >= 0.3 is 0 Å². The van der Waals surface area contributed by atoms with Crippen LogP contribution < -0.4 is 5.32 Å². The van der Waals surface area contributed by atoms with Gasteiger partial charge in [0.15, 0.2) is 0 Å². The van der Waals surface area contributed by atoms with Crippen molar-refractivity contribution in [3.8, 4) is 0 Å². The van der Waals surface area contributed by atoms with Crippen LogP contribution in [-0.2, 0) is 11.2 Å². The van der Waals surface area contributed by atoms with E-state index in [-0.39, 0.29) is 5.91 Å². The lowest BCUT2D eigenvalue weighted by atomic mass is 10.1. The summed E-state index contributed by atoms with van der Waals surface area (Å²) in [6, 6.07) is 9.16. The molecular weight excluding hydrogens is 248 g/mol. The molecule has 0 saturated heterocycles. The molecule has 3 nitrogen and oxygen atoms in total. The third-order valence-corrected chi connectivity index (χ3v) is 2.65. The van der Waals surface area contributed by atoms with Gasteiger partial charge in [-0.1, -0.05) is 23.7 Å². The second-order valence-electron chi connectivity index (χ2n) is 4.11. The Kier molecular flexibility index (Phi) is 3.95. The highest BCUT2D eigenvalue weighted by Gasteiger charge is 2.04. The number of hydrogen-bond donors (Lipinski definition) is 1. The number of nitrogens with zero attached hydrogens (tertiary/aromatic N) is 1. The number of carbonyl (C=O) groups excluding carboxylic acids is 1. The Balaban J connectivity index is 2.01. The molecule has 0 radical (unpaired) electrons. The lowest BCUT2D eigenvalue weighted by Gasteiger charge is -2.05. The zero-order valence-electron chi connectivity index (χ0n) is 9.98. The predicted molar refractivity (Wildman–Crippen MR) is 72.8 cm³/mol. The van der Waals surface area contributed by atoms with E-state index < -0.39 is 0 Å². The summed E-state index contributed by atoms with van der Waals surface area (Å²) < 4.78 is 0. The Hall–Kier alpha value is -1.87. The number of benzene rings is 1. The minimum atomic E-state index is -0.0790. The molecule has 0 saturated carbocycles. The van der Waals surface area contributed by atoms with Crippen molar-refractivity contribution >= 4 is 23.2 Å². The smallest absolute Gasteiger partial charge is 0.228 e. The van der Waals surface area contributed by atoms with E-state index in [1.54, 1.807) is 24.5 Å². The molecule has 0 atom stereocenters. The van der Waals surface area contributed by atoms with Crippen molar-refractivity contribution in [3.63, 3.8) is 0 Å². The van der Waals surface area contributed by atoms with Crippen LogP contribution in [0.3, 0.4) is 0 Å². The van der Waals surface area contributed by atoms with Gasteiger partial charge in [-0.2, -0.15) is 0 Å². The lowest BCUT2D eigenvalue weighted by Crippen LogP contribution is -2.14. The second kappa shape index (κ2) is 5.65. The molecule has 1 aromatic heterocycles. The molecule has 0 spiro atoms. The summed E-state index contributed by atoms with van der Waals surface area (Å²) >= 11 is 5.87. The van der Waals surface area contributed by atoms with Crippen molar-refractivity contribution in [2.45, 2.75) is 13.3 Å². The largest absolute Gasteiger partial charge is 0.324 e. The average molecular weight is 261 g/mol. The summed E-state index contributed by atoms with van der Waals surface area (Å²) in [6.45, 7) is 1.93. The molecule has 1 amide bonds. The van der Waals surface area contributed by atoms with Crippen LogP contribution in [0.15, 0.2) is 42.7 Å². The normalized spacial score (nSPS) is 10.1. The Morgan fingerprint density at radius 3 is 2.89 bits per heavy atom. The van der Waals surface area contributed by atoms with Crippen molar-refractivity contribution in [1.29, 1.82) is 0 Å². The van der Waals surface area contributed by atoms with Crippen LogP contribution in [0.25, 0.3) is 0 Å². The molecule has 2 rings (SSSR count). The monoisotopic (exact) mass is 260 g/mol. The van der Waals surface area contributed by atoms with Gasteiger partial charge in [-0.05, 0) is 36.2 Å².